The van der Waals surface area contributed by atoms with Crippen molar-refractivity contribution in [2.24, 2.45) is 0 Å². The van der Waals surface area contributed by atoms with Crippen LogP contribution in [0.4, 0.5) is 11.5 Å². The Kier molecular flexibility index (Phi) is 3.20. The average Bonchev–Trinajstić information content (AvgIpc) is 2.22. The summed E-state index contributed by atoms with van der Waals surface area (Å²) in [5.74, 6) is 0.885. The van der Waals surface area contributed by atoms with Gasteiger partial charge in [0.1, 0.15) is 5.82 Å². The molecule has 0 spiro atoms. The van der Waals surface area contributed by atoms with Crippen molar-refractivity contribution in [3.63, 3.8) is 0 Å². The summed E-state index contributed by atoms with van der Waals surface area (Å²) in [6, 6.07) is 12.2. The first-order valence-corrected chi connectivity index (χ1v) is 5.78. The molecular weight excluding hydrogens is 299 g/mol. The second-order valence-electron chi connectivity index (χ2n) is 3.30. The highest BCUT2D eigenvalue weighted by Gasteiger charge is 1.98. The van der Waals surface area contributed by atoms with E-state index in [0.29, 0.717) is 0 Å². The third kappa shape index (κ3) is 2.68. The molecule has 0 unspecified atom stereocenters. The van der Waals surface area contributed by atoms with E-state index >= 15 is 0 Å². The molecule has 0 saturated carbocycles. The lowest BCUT2D eigenvalue weighted by atomic mass is 10.2. The Hall–Kier alpha value is -1.10. The van der Waals surface area contributed by atoms with E-state index in [1.54, 1.807) is 0 Å². The number of rotatable bonds is 2. The normalized spacial score (nSPS) is 10.0. The van der Waals surface area contributed by atoms with Crippen molar-refractivity contribution in [1.29, 1.82) is 0 Å². The van der Waals surface area contributed by atoms with Crippen LogP contribution in [-0.4, -0.2) is 4.98 Å². The molecule has 0 amide bonds. The predicted molar refractivity (Wildman–Crippen MR) is 71.4 cm³/mol. The van der Waals surface area contributed by atoms with Crippen molar-refractivity contribution in [2.45, 2.75) is 6.92 Å². The topological polar surface area (TPSA) is 24.9 Å². The van der Waals surface area contributed by atoms with Crippen LogP contribution in [0.3, 0.4) is 0 Å². The van der Waals surface area contributed by atoms with Crippen molar-refractivity contribution in [1.82, 2.24) is 4.98 Å². The number of nitrogens with one attached hydrogen (secondary N) is 1. The monoisotopic (exact) mass is 310 g/mol. The summed E-state index contributed by atoms with van der Waals surface area (Å²) >= 11 is 2.28. The van der Waals surface area contributed by atoms with Crippen LogP contribution >= 0.6 is 22.6 Å². The second kappa shape index (κ2) is 4.61. The molecule has 2 nitrogen and oxygen atoms in total. The van der Waals surface area contributed by atoms with E-state index in [0.717, 1.165) is 11.5 Å². The minimum atomic E-state index is 0.885. The molecule has 1 aromatic carbocycles. The van der Waals surface area contributed by atoms with Gasteiger partial charge in [0.25, 0.3) is 0 Å². The Labute approximate surface area is 103 Å². The average molecular weight is 310 g/mol. The molecule has 1 heterocycles. The smallest absolute Gasteiger partial charge is 0.131 e. The third-order valence-electron chi connectivity index (χ3n) is 2.13. The first-order valence-electron chi connectivity index (χ1n) is 4.70. The van der Waals surface area contributed by atoms with Crippen LogP contribution in [0.2, 0.25) is 0 Å². The van der Waals surface area contributed by atoms with Gasteiger partial charge in [0, 0.05) is 15.5 Å². The van der Waals surface area contributed by atoms with E-state index in [1.807, 2.05) is 30.5 Å². The first-order chi connectivity index (χ1) is 7.25. The Morgan fingerprint density at radius 1 is 1.20 bits per heavy atom. The summed E-state index contributed by atoms with van der Waals surface area (Å²) in [7, 11) is 0. The summed E-state index contributed by atoms with van der Waals surface area (Å²) in [5.41, 5.74) is 2.32. The zero-order valence-corrected chi connectivity index (χ0v) is 10.5. The van der Waals surface area contributed by atoms with Crippen molar-refractivity contribution < 1.29 is 0 Å². The molecule has 2 rings (SSSR count). The number of pyridine rings is 1. The van der Waals surface area contributed by atoms with Gasteiger partial charge in [-0.1, -0.05) is 18.2 Å². The summed E-state index contributed by atoms with van der Waals surface area (Å²) in [5, 5.41) is 3.30. The SMILES string of the molecule is Cc1ccccc1Nc1cc(I)ccn1. The van der Waals surface area contributed by atoms with Crippen LogP contribution in [0.15, 0.2) is 42.6 Å². The molecule has 0 aliphatic rings. The number of aryl methyl sites for hydroxylation is 1. The van der Waals surface area contributed by atoms with Crippen LogP contribution < -0.4 is 5.32 Å². The molecule has 0 atom stereocenters. The number of hydrogen-bond donors (Lipinski definition) is 1. The lowest BCUT2D eigenvalue weighted by Crippen LogP contribution is -1.95. The van der Waals surface area contributed by atoms with Gasteiger partial charge in [-0.2, -0.15) is 0 Å². The van der Waals surface area contributed by atoms with Gasteiger partial charge in [0.15, 0.2) is 0 Å². The van der Waals surface area contributed by atoms with Crippen LogP contribution in [-0.2, 0) is 0 Å². The highest BCUT2D eigenvalue weighted by molar-refractivity contribution is 14.1. The van der Waals surface area contributed by atoms with Gasteiger partial charge in [-0.3, -0.25) is 0 Å². The third-order valence-corrected chi connectivity index (χ3v) is 2.80. The van der Waals surface area contributed by atoms with Crippen molar-refractivity contribution in [2.75, 3.05) is 5.32 Å². The Bertz CT molecular complexity index is 469. The number of anilines is 2. The fourth-order valence-corrected chi connectivity index (χ4v) is 1.78. The standard InChI is InChI=1S/C12H11IN2/c1-9-4-2-3-5-11(9)15-12-8-10(13)6-7-14-12/h2-8H,1H3,(H,14,15). The largest absolute Gasteiger partial charge is 0.340 e. The highest BCUT2D eigenvalue weighted by Crippen LogP contribution is 2.19. The van der Waals surface area contributed by atoms with Crippen molar-refractivity contribution in [3.05, 3.63) is 51.7 Å². The Morgan fingerprint density at radius 2 is 2.00 bits per heavy atom. The van der Waals surface area contributed by atoms with E-state index in [4.69, 9.17) is 0 Å². The number of aromatic nitrogens is 1. The van der Waals surface area contributed by atoms with Gasteiger partial charge in [0.05, 0.1) is 0 Å². The summed E-state index contributed by atoms with van der Waals surface area (Å²) in [6.07, 6.45) is 1.81. The fraction of sp³-hybridized carbons (Fsp3) is 0.0833. The zero-order valence-electron chi connectivity index (χ0n) is 8.37. The summed E-state index contributed by atoms with van der Waals surface area (Å²) in [4.78, 5) is 4.26. The van der Waals surface area contributed by atoms with Crippen LogP contribution in [0.1, 0.15) is 5.56 Å². The molecule has 76 valence electrons. The van der Waals surface area contributed by atoms with Gasteiger partial charge in [-0.15, -0.1) is 0 Å². The summed E-state index contributed by atoms with van der Waals surface area (Å²) < 4.78 is 1.18. The van der Waals surface area contributed by atoms with E-state index in [-0.39, 0.29) is 0 Å². The zero-order chi connectivity index (χ0) is 10.7. The molecule has 15 heavy (non-hydrogen) atoms. The highest BCUT2D eigenvalue weighted by atomic mass is 127. The second-order valence-corrected chi connectivity index (χ2v) is 4.54. The Balaban J connectivity index is 2.26. The van der Waals surface area contributed by atoms with Gasteiger partial charge in [-0.25, -0.2) is 4.98 Å². The molecular formula is C12H11IN2. The van der Waals surface area contributed by atoms with Gasteiger partial charge in [0.2, 0.25) is 0 Å². The van der Waals surface area contributed by atoms with E-state index in [1.165, 1.54) is 9.13 Å². The van der Waals surface area contributed by atoms with Crippen LogP contribution in [0.25, 0.3) is 0 Å². The number of benzene rings is 1. The van der Waals surface area contributed by atoms with E-state index < -0.39 is 0 Å². The lowest BCUT2D eigenvalue weighted by molar-refractivity contribution is 1.29. The maximum Gasteiger partial charge on any atom is 0.131 e. The van der Waals surface area contributed by atoms with E-state index in [2.05, 4.69) is 51.9 Å². The molecule has 0 fully saturated rings. The number of hydrogen-bond acceptors (Lipinski definition) is 2. The minimum Gasteiger partial charge on any atom is -0.340 e. The number of halogens is 1. The number of nitrogens with zero attached hydrogens (tertiary/aromatic N) is 1. The molecule has 3 heteroatoms. The lowest BCUT2D eigenvalue weighted by Gasteiger charge is -2.08. The quantitative estimate of drug-likeness (QED) is 0.855. The molecule has 0 saturated heterocycles. The molecule has 1 aromatic heterocycles. The summed E-state index contributed by atoms with van der Waals surface area (Å²) in [6.45, 7) is 2.08. The predicted octanol–water partition coefficient (Wildman–Crippen LogP) is 3.74. The maximum atomic E-state index is 4.26. The minimum absolute atomic E-state index is 0.885. The van der Waals surface area contributed by atoms with Crippen LogP contribution in [0, 0.1) is 10.5 Å². The maximum absolute atomic E-state index is 4.26. The van der Waals surface area contributed by atoms with Crippen molar-refractivity contribution in [3.8, 4) is 0 Å². The van der Waals surface area contributed by atoms with Crippen molar-refractivity contribution >= 4 is 34.1 Å². The number of para-hydroxylation sites is 1. The molecule has 0 radical (unpaired) electrons. The molecule has 0 aliphatic carbocycles. The molecule has 2 aromatic rings. The van der Waals surface area contributed by atoms with Gasteiger partial charge >= 0.3 is 0 Å². The fourth-order valence-electron chi connectivity index (χ4n) is 1.32. The molecule has 0 bridgehead atoms. The molecule has 1 N–H and O–H groups in total. The Morgan fingerprint density at radius 3 is 2.73 bits per heavy atom. The van der Waals surface area contributed by atoms with E-state index in [9.17, 15) is 0 Å². The molecule has 0 aliphatic heterocycles. The van der Waals surface area contributed by atoms with Crippen LogP contribution in [0.5, 0.6) is 0 Å². The first kappa shape index (κ1) is 10.4. The van der Waals surface area contributed by atoms with Gasteiger partial charge < -0.3 is 5.32 Å². The van der Waals surface area contributed by atoms with Gasteiger partial charge in [-0.05, 0) is 53.3 Å².